The fraction of sp³-hybridized carbons (Fsp3) is 0.364. The van der Waals surface area contributed by atoms with Crippen molar-refractivity contribution in [3.05, 3.63) is 23.2 Å². The number of nitrogens with two attached hydrogens (primary N) is 1. The number of ether oxygens (including phenoxy) is 1. The minimum Gasteiger partial charge on any atom is -0.383 e. The van der Waals surface area contributed by atoms with E-state index in [1.807, 2.05) is 29.7 Å². The first-order chi connectivity index (χ1) is 7.63. The summed E-state index contributed by atoms with van der Waals surface area (Å²) in [5, 5.41) is 0.679. The van der Waals surface area contributed by atoms with E-state index in [1.54, 1.807) is 7.11 Å². The Bertz CT molecular complexity index is 509. The normalized spacial score (nSPS) is 13.2. The van der Waals surface area contributed by atoms with Crippen molar-refractivity contribution in [3.8, 4) is 0 Å². The highest BCUT2D eigenvalue weighted by Gasteiger charge is 2.13. The van der Waals surface area contributed by atoms with Crippen LogP contribution >= 0.6 is 11.6 Å². The Morgan fingerprint density at radius 1 is 1.56 bits per heavy atom. The average Bonchev–Trinajstić information content (AvgIpc) is 2.53. The summed E-state index contributed by atoms with van der Waals surface area (Å²) in [5.74, 6) is 0.488. The minimum atomic E-state index is 0.133. The summed E-state index contributed by atoms with van der Waals surface area (Å²) < 4.78 is 7.06. The highest BCUT2D eigenvalue weighted by molar-refractivity contribution is 6.31. The topological polar surface area (TPSA) is 53.1 Å². The number of hydrogen-bond donors (Lipinski definition) is 1. The second kappa shape index (κ2) is 4.31. The Balaban J connectivity index is 2.58. The van der Waals surface area contributed by atoms with Gasteiger partial charge >= 0.3 is 0 Å². The molecule has 0 aliphatic rings. The number of methoxy groups -OCH3 is 1. The van der Waals surface area contributed by atoms with Crippen LogP contribution in [0.2, 0.25) is 5.02 Å². The summed E-state index contributed by atoms with van der Waals surface area (Å²) in [5.41, 5.74) is 7.68. The summed E-state index contributed by atoms with van der Waals surface area (Å²) in [6, 6.07) is 5.67. The lowest BCUT2D eigenvalue weighted by Gasteiger charge is -2.14. The number of halogens is 1. The smallest absolute Gasteiger partial charge is 0.201 e. The van der Waals surface area contributed by atoms with Crippen molar-refractivity contribution >= 4 is 28.6 Å². The van der Waals surface area contributed by atoms with Gasteiger partial charge in [-0.3, -0.25) is 0 Å². The van der Waals surface area contributed by atoms with E-state index < -0.39 is 0 Å². The molecule has 0 spiro atoms. The standard InChI is InChI=1S/C11H14ClN3O/c1-7(6-16-2)15-10-5-8(12)3-4-9(10)14-11(15)13/h3-5,7H,6H2,1-2H3,(H2,13,14). The third-order valence-corrected chi connectivity index (χ3v) is 2.76. The molecule has 0 saturated heterocycles. The van der Waals surface area contributed by atoms with E-state index in [1.165, 1.54) is 0 Å². The predicted octanol–water partition coefficient (Wildman–Crippen LogP) is 2.48. The third-order valence-electron chi connectivity index (χ3n) is 2.53. The molecule has 1 atom stereocenters. The van der Waals surface area contributed by atoms with Gasteiger partial charge in [-0.25, -0.2) is 4.98 Å². The zero-order valence-corrected chi connectivity index (χ0v) is 10.0. The van der Waals surface area contributed by atoms with Crippen molar-refractivity contribution in [2.45, 2.75) is 13.0 Å². The number of anilines is 1. The maximum atomic E-state index is 5.97. The molecule has 2 aromatic rings. The van der Waals surface area contributed by atoms with E-state index in [0.29, 0.717) is 17.6 Å². The average molecular weight is 240 g/mol. The number of nitrogens with zero attached hydrogens (tertiary/aromatic N) is 2. The fourth-order valence-electron chi connectivity index (χ4n) is 1.86. The number of rotatable bonds is 3. The van der Waals surface area contributed by atoms with Crippen LogP contribution in [-0.4, -0.2) is 23.3 Å². The molecule has 5 heteroatoms. The van der Waals surface area contributed by atoms with Gasteiger partial charge in [0.1, 0.15) is 0 Å². The molecular weight excluding hydrogens is 226 g/mol. The maximum absolute atomic E-state index is 5.97. The number of aromatic nitrogens is 2. The van der Waals surface area contributed by atoms with Crippen LogP contribution in [0.1, 0.15) is 13.0 Å². The number of hydrogen-bond acceptors (Lipinski definition) is 3. The molecular formula is C11H14ClN3O. The maximum Gasteiger partial charge on any atom is 0.201 e. The lowest BCUT2D eigenvalue weighted by molar-refractivity contribution is 0.164. The number of benzene rings is 1. The first kappa shape index (κ1) is 11.2. The molecule has 86 valence electrons. The summed E-state index contributed by atoms with van der Waals surface area (Å²) in [4.78, 5) is 4.28. The van der Waals surface area contributed by atoms with Gasteiger partial charge in [0.2, 0.25) is 5.95 Å². The van der Waals surface area contributed by atoms with E-state index in [9.17, 15) is 0 Å². The van der Waals surface area contributed by atoms with Gasteiger partial charge in [-0.2, -0.15) is 0 Å². The van der Waals surface area contributed by atoms with E-state index in [0.717, 1.165) is 11.0 Å². The molecule has 0 radical (unpaired) electrons. The molecule has 16 heavy (non-hydrogen) atoms. The summed E-state index contributed by atoms with van der Waals surface area (Å²) in [6.07, 6.45) is 0. The van der Waals surface area contributed by atoms with Crippen molar-refractivity contribution < 1.29 is 4.74 Å². The molecule has 0 aliphatic carbocycles. The Kier molecular flexibility index (Phi) is 3.03. The lowest BCUT2D eigenvalue weighted by atomic mass is 10.3. The Morgan fingerprint density at radius 3 is 3.00 bits per heavy atom. The van der Waals surface area contributed by atoms with Gasteiger partial charge in [-0.05, 0) is 25.1 Å². The Morgan fingerprint density at radius 2 is 2.31 bits per heavy atom. The summed E-state index contributed by atoms with van der Waals surface area (Å²) >= 11 is 5.97. The van der Waals surface area contributed by atoms with Gasteiger partial charge in [0.25, 0.3) is 0 Å². The molecule has 2 rings (SSSR count). The van der Waals surface area contributed by atoms with Crippen LogP contribution in [-0.2, 0) is 4.74 Å². The van der Waals surface area contributed by atoms with E-state index in [2.05, 4.69) is 4.98 Å². The quantitative estimate of drug-likeness (QED) is 0.895. The van der Waals surface area contributed by atoms with E-state index >= 15 is 0 Å². The van der Waals surface area contributed by atoms with E-state index in [-0.39, 0.29) is 6.04 Å². The number of imidazole rings is 1. The molecule has 2 N–H and O–H groups in total. The molecule has 1 unspecified atom stereocenters. The van der Waals surface area contributed by atoms with E-state index in [4.69, 9.17) is 22.1 Å². The van der Waals surface area contributed by atoms with Crippen LogP contribution in [0.25, 0.3) is 11.0 Å². The third kappa shape index (κ3) is 1.86. The van der Waals surface area contributed by atoms with Gasteiger partial charge in [-0.1, -0.05) is 11.6 Å². The highest BCUT2D eigenvalue weighted by atomic mass is 35.5. The van der Waals surface area contributed by atoms with Gasteiger partial charge in [-0.15, -0.1) is 0 Å². The largest absolute Gasteiger partial charge is 0.383 e. The molecule has 0 aliphatic heterocycles. The molecule has 0 amide bonds. The monoisotopic (exact) mass is 239 g/mol. The van der Waals surface area contributed by atoms with Crippen LogP contribution in [0.15, 0.2) is 18.2 Å². The van der Waals surface area contributed by atoms with Crippen molar-refractivity contribution in [2.24, 2.45) is 0 Å². The summed E-state index contributed by atoms with van der Waals surface area (Å²) in [7, 11) is 1.67. The van der Waals surface area contributed by atoms with Crippen molar-refractivity contribution in [1.29, 1.82) is 0 Å². The number of fused-ring (bicyclic) bond motifs is 1. The van der Waals surface area contributed by atoms with Crippen LogP contribution < -0.4 is 5.73 Å². The zero-order valence-electron chi connectivity index (χ0n) is 9.27. The van der Waals surface area contributed by atoms with Crippen molar-refractivity contribution in [1.82, 2.24) is 9.55 Å². The first-order valence-electron chi connectivity index (χ1n) is 5.05. The second-order valence-electron chi connectivity index (χ2n) is 3.78. The van der Waals surface area contributed by atoms with Gasteiger partial charge in [0, 0.05) is 12.1 Å². The van der Waals surface area contributed by atoms with Crippen molar-refractivity contribution in [2.75, 3.05) is 19.5 Å². The molecule has 4 nitrogen and oxygen atoms in total. The molecule has 0 fully saturated rings. The van der Waals surface area contributed by atoms with Crippen LogP contribution in [0.4, 0.5) is 5.95 Å². The zero-order chi connectivity index (χ0) is 11.7. The second-order valence-corrected chi connectivity index (χ2v) is 4.21. The molecule has 0 saturated carbocycles. The molecule has 1 heterocycles. The minimum absolute atomic E-state index is 0.133. The van der Waals surface area contributed by atoms with Crippen LogP contribution in [0, 0.1) is 0 Å². The van der Waals surface area contributed by atoms with Gasteiger partial charge < -0.3 is 15.0 Å². The Hall–Kier alpha value is -1.26. The SMILES string of the molecule is COCC(C)n1c(N)nc2ccc(Cl)cc21. The summed E-state index contributed by atoms with van der Waals surface area (Å²) in [6.45, 7) is 2.62. The fourth-order valence-corrected chi connectivity index (χ4v) is 2.03. The van der Waals surface area contributed by atoms with Crippen molar-refractivity contribution in [3.63, 3.8) is 0 Å². The first-order valence-corrected chi connectivity index (χ1v) is 5.43. The molecule has 1 aromatic heterocycles. The number of nitrogen functional groups attached to an aromatic ring is 1. The van der Waals surface area contributed by atoms with Gasteiger partial charge in [0.05, 0.1) is 23.7 Å². The highest BCUT2D eigenvalue weighted by Crippen LogP contribution is 2.25. The molecule has 0 bridgehead atoms. The predicted molar refractivity (Wildman–Crippen MR) is 65.7 cm³/mol. The molecule has 1 aromatic carbocycles. The van der Waals surface area contributed by atoms with Crippen LogP contribution in [0.5, 0.6) is 0 Å². The lowest BCUT2D eigenvalue weighted by Crippen LogP contribution is -2.13. The van der Waals surface area contributed by atoms with Crippen LogP contribution in [0.3, 0.4) is 0 Å². The van der Waals surface area contributed by atoms with Gasteiger partial charge in [0.15, 0.2) is 0 Å². The Labute approximate surface area is 99.0 Å².